The van der Waals surface area contributed by atoms with E-state index in [0.29, 0.717) is 29.6 Å². The minimum Gasteiger partial charge on any atom is -0.493 e. The number of ether oxygens (including phenoxy) is 4. The summed E-state index contributed by atoms with van der Waals surface area (Å²) in [6, 6.07) is 21.9. The Morgan fingerprint density at radius 1 is 0.800 bits per heavy atom. The molecule has 0 bridgehead atoms. The van der Waals surface area contributed by atoms with Crippen molar-refractivity contribution in [3.63, 3.8) is 0 Å². The van der Waals surface area contributed by atoms with Gasteiger partial charge in [-0.1, -0.05) is 51.1 Å². The summed E-state index contributed by atoms with van der Waals surface area (Å²) in [7, 11) is 0. The summed E-state index contributed by atoms with van der Waals surface area (Å²) in [4.78, 5) is 23.5. The molecule has 0 aromatic heterocycles. The SMILES string of the molecule is C=CC(=O)OCCOc1ccc(C(=O)Oc2ccc(-c3ccc(OCC(C)CC)cc3)cc2)cc1. The van der Waals surface area contributed by atoms with Gasteiger partial charge in [0.2, 0.25) is 0 Å². The lowest BCUT2D eigenvalue weighted by Gasteiger charge is -2.11. The third-order valence-electron chi connectivity index (χ3n) is 5.34. The van der Waals surface area contributed by atoms with E-state index < -0.39 is 11.9 Å². The minimum atomic E-state index is -0.500. The highest BCUT2D eigenvalue weighted by atomic mass is 16.6. The predicted octanol–water partition coefficient (Wildman–Crippen LogP) is 6.11. The third-order valence-corrected chi connectivity index (χ3v) is 5.34. The van der Waals surface area contributed by atoms with Crippen LogP contribution in [0.25, 0.3) is 11.1 Å². The van der Waals surface area contributed by atoms with E-state index in [1.54, 1.807) is 36.4 Å². The standard InChI is InChI=1S/C29H30O6/c1-4-21(3)20-34-26-12-6-22(7-13-26)23-8-16-27(17-9-23)35-29(31)24-10-14-25(15-11-24)32-18-19-33-28(30)5-2/h5-17,21H,2,4,18-20H2,1,3H3. The molecule has 0 spiro atoms. The summed E-state index contributed by atoms with van der Waals surface area (Å²) < 4.78 is 21.6. The summed E-state index contributed by atoms with van der Waals surface area (Å²) >= 11 is 0. The van der Waals surface area contributed by atoms with E-state index in [-0.39, 0.29) is 13.2 Å². The molecule has 3 aromatic carbocycles. The molecule has 0 radical (unpaired) electrons. The van der Waals surface area contributed by atoms with Crippen LogP contribution in [-0.4, -0.2) is 31.8 Å². The molecule has 6 nitrogen and oxygen atoms in total. The maximum Gasteiger partial charge on any atom is 0.343 e. The molecule has 0 fully saturated rings. The first-order valence-corrected chi connectivity index (χ1v) is 11.6. The van der Waals surface area contributed by atoms with Gasteiger partial charge in [0.05, 0.1) is 12.2 Å². The summed E-state index contributed by atoms with van der Waals surface area (Å²) in [6.07, 6.45) is 2.18. The predicted molar refractivity (Wildman–Crippen MR) is 135 cm³/mol. The van der Waals surface area contributed by atoms with Gasteiger partial charge in [0.15, 0.2) is 0 Å². The number of hydrogen-bond donors (Lipinski definition) is 0. The van der Waals surface area contributed by atoms with E-state index in [1.807, 2.05) is 36.4 Å². The molecule has 0 saturated heterocycles. The third kappa shape index (κ3) is 8.03. The first kappa shape index (κ1) is 25.6. The second kappa shape index (κ2) is 13.0. The van der Waals surface area contributed by atoms with Gasteiger partial charge in [-0.25, -0.2) is 9.59 Å². The van der Waals surface area contributed by atoms with Gasteiger partial charge in [0.25, 0.3) is 0 Å². The molecule has 182 valence electrons. The highest BCUT2D eigenvalue weighted by molar-refractivity contribution is 5.91. The van der Waals surface area contributed by atoms with Crippen LogP contribution in [0, 0.1) is 5.92 Å². The van der Waals surface area contributed by atoms with Crippen LogP contribution in [0.15, 0.2) is 85.5 Å². The first-order chi connectivity index (χ1) is 17.0. The lowest BCUT2D eigenvalue weighted by atomic mass is 10.1. The number of carbonyl (C=O) groups excluding carboxylic acids is 2. The number of rotatable bonds is 12. The Hall–Kier alpha value is -4.06. The van der Waals surface area contributed by atoms with Gasteiger partial charge in [-0.15, -0.1) is 0 Å². The quantitative estimate of drug-likeness (QED) is 0.137. The van der Waals surface area contributed by atoms with Crippen molar-refractivity contribution >= 4 is 11.9 Å². The molecule has 6 heteroatoms. The van der Waals surface area contributed by atoms with E-state index in [0.717, 1.165) is 29.4 Å². The topological polar surface area (TPSA) is 71.1 Å². The van der Waals surface area contributed by atoms with Crippen LogP contribution >= 0.6 is 0 Å². The van der Waals surface area contributed by atoms with Gasteiger partial charge in [0, 0.05) is 6.08 Å². The van der Waals surface area contributed by atoms with Crippen molar-refractivity contribution in [3.05, 3.63) is 91.0 Å². The fraction of sp³-hybridized carbons (Fsp3) is 0.241. The smallest absolute Gasteiger partial charge is 0.343 e. The Bertz CT molecular complexity index is 1100. The van der Waals surface area contributed by atoms with E-state index in [4.69, 9.17) is 18.9 Å². The molecule has 3 aromatic rings. The van der Waals surface area contributed by atoms with Gasteiger partial charge >= 0.3 is 11.9 Å². The van der Waals surface area contributed by atoms with Crippen LogP contribution in [-0.2, 0) is 9.53 Å². The molecule has 0 aliphatic heterocycles. The van der Waals surface area contributed by atoms with Gasteiger partial charge in [-0.3, -0.25) is 0 Å². The summed E-state index contributed by atoms with van der Waals surface area (Å²) in [6.45, 7) is 8.66. The van der Waals surface area contributed by atoms with E-state index in [9.17, 15) is 9.59 Å². The lowest BCUT2D eigenvalue weighted by molar-refractivity contribution is -0.138. The van der Waals surface area contributed by atoms with Crippen LogP contribution in [0.4, 0.5) is 0 Å². The average Bonchev–Trinajstić information content (AvgIpc) is 2.90. The second-order valence-electron chi connectivity index (χ2n) is 8.01. The number of hydrogen-bond acceptors (Lipinski definition) is 6. The van der Waals surface area contributed by atoms with Crippen molar-refractivity contribution in [2.75, 3.05) is 19.8 Å². The molecule has 0 aliphatic rings. The van der Waals surface area contributed by atoms with Gasteiger partial charge in [0.1, 0.15) is 30.5 Å². The molecule has 0 saturated carbocycles. The molecule has 3 rings (SSSR count). The van der Waals surface area contributed by atoms with Crippen LogP contribution < -0.4 is 14.2 Å². The van der Waals surface area contributed by atoms with Crippen molar-refractivity contribution in [1.82, 2.24) is 0 Å². The highest BCUT2D eigenvalue weighted by Crippen LogP contribution is 2.25. The molecule has 1 atom stereocenters. The maximum absolute atomic E-state index is 12.5. The summed E-state index contributed by atoms with van der Waals surface area (Å²) in [5, 5.41) is 0. The average molecular weight is 475 g/mol. The zero-order valence-corrected chi connectivity index (χ0v) is 20.1. The molecule has 0 N–H and O–H groups in total. The second-order valence-corrected chi connectivity index (χ2v) is 8.01. The van der Waals surface area contributed by atoms with Gasteiger partial charge in [-0.2, -0.15) is 0 Å². The molecule has 1 unspecified atom stereocenters. The molecular formula is C29H30O6. The largest absolute Gasteiger partial charge is 0.493 e. The molecule has 0 aliphatic carbocycles. The maximum atomic E-state index is 12.5. The summed E-state index contributed by atoms with van der Waals surface area (Å²) in [5.74, 6) is 1.42. The minimum absolute atomic E-state index is 0.112. The zero-order valence-electron chi connectivity index (χ0n) is 20.1. The fourth-order valence-corrected chi connectivity index (χ4v) is 3.03. The van der Waals surface area contributed by atoms with E-state index in [2.05, 4.69) is 20.4 Å². The highest BCUT2D eigenvalue weighted by Gasteiger charge is 2.10. The molecule has 0 heterocycles. The Balaban J connectivity index is 1.50. The van der Waals surface area contributed by atoms with Crippen molar-refractivity contribution < 1.29 is 28.5 Å². The monoisotopic (exact) mass is 474 g/mol. The Labute approximate surface area is 206 Å². The number of carbonyl (C=O) groups is 2. The fourth-order valence-electron chi connectivity index (χ4n) is 3.03. The van der Waals surface area contributed by atoms with Crippen LogP contribution in [0.2, 0.25) is 0 Å². The van der Waals surface area contributed by atoms with Crippen molar-refractivity contribution in [2.45, 2.75) is 20.3 Å². The molecular weight excluding hydrogens is 444 g/mol. The molecule has 0 amide bonds. The van der Waals surface area contributed by atoms with Crippen molar-refractivity contribution in [1.29, 1.82) is 0 Å². The van der Waals surface area contributed by atoms with E-state index >= 15 is 0 Å². The molecule has 35 heavy (non-hydrogen) atoms. The van der Waals surface area contributed by atoms with Gasteiger partial charge < -0.3 is 18.9 Å². The zero-order chi connectivity index (χ0) is 25.0. The first-order valence-electron chi connectivity index (χ1n) is 11.6. The number of esters is 2. The summed E-state index contributed by atoms with van der Waals surface area (Å²) in [5.41, 5.74) is 2.46. The van der Waals surface area contributed by atoms with Crippen molar-refractivity contribution in [3.8, 4) is 28.4 Å². The Morgan fingerprint density at radius 2 is 1.34 bits per heavy atom. The van der Waals surface area contributed by atoms with Crippen LogP contribution in [0.1, 0.15) is 30.6 Å². The lowest BCUT2D eigenvalue weighted by Crippen LogP contribution is -2.11. The Morgan fingerprint density at radius 3 is 1.91 bits per heavy atom. The van der Waals surface area contributed by atoms with Crippen LogP contribution in [0.3, 0.4) is 0 Å². The van der Waals surface area contributed by atoms with Crippen molar-refractivity contribution in [2.24, 2.45) is 5.92 Å². The Kier molecular flexibility index (Phi) is 9.49. The van der Waals surface area contributed by atoms with Crippen LogP contribution in [0.5, 0.6) is 17.2 Å². The number of benzene rings is 3. The van der Waals surface area contributed by atoms with Gasteiger partial charge in [-0.05, 0) is 65.6 Å². The normalized spacial score (nSPS) is 11.3. The van der Waals surface area contributed by atoms with E-state index in [1.165, 1.54) is 0 Å².